The summed E-state index contributed by atoms with van der Waals surface area (Å²) in [5.41, 5.74) is 7.17. The molecule has 20 heavy (non-hydrogen) atoms. The lowest BCUT2D eigenvalue weighted by Gasteiger charge is -2.08. The summed E-state index contributed by atoms with van der Waals surface area (Å²) < 4.78 is 27.3. The summed E-state index contributed by atoms with van der Waals surface area (Å²) in [6, 6.07) is 16.4. The van der Waals surface area contributed by atoms with Gasteiger partial charge in [-0.05, 0) is 24.1 Å². The van der Waals surface area contributed by atoms with E-state index in [9.17, 15) is 8.42 Å². The molecule has 2 atom stereocenters. The van der Waals surface area contributed by atoms with Gasteiger partial charge >= 0.3 is 0 Å². The highest BCUT2D eigenvalue weighted by atomic mass is 32.2. The van der Waals surface area contributed by atoms with Crippen molar-refractivity contribution in [2.45, 2.75) is 23.3 Å². The third kappa shape index (κ3) is 2.55. The smallest absolute Gasteiger partial charge is 0.242 e. The molecule has 0 aromatic heterocycles. The topological polar surface area (TPSA) is 72.2 Å². The van der Waals surface area contributed by atoms with Crippen LogP contribution in [-0.2, 0) is 10.0 Å². The van der Waals surface area contributed by atoms with Gasteiger partial charge in [-0.3, -0.25) is 0 Å². The van der Waals surface area contributed by atoms with E-state index in [0.717, 1.165) is 6.42 Å². The molecule has 0 spiro atoms. The fourth-order valence-electron chi connectivity index (χ4n) is 2.38. The van der Waals surface area contributed by atoms with Gasteiger partial charge in [-0.15, -0.1) is 0 Å². The van der Waals surface area contributed by atoms with E-state index < -0.39 is 10.0 Å². The molecule has 0 heterocycles. The second-order valence-corrected chi connectivity index (χ2v) is 6.70. The molecule has 0 saturated heterocycles. The minimum absolute atomic E-state index is 0.0398. The van der Waals surface area contributed by atoms with Crippen LogP contribution in [0.3, 0.4) is 0 Å². The lowest BCUT2D eigenvalue weighted by molar-refractivity contribution is 0.580. The SMILES string of the molecule is Nc1ccccc1S(=O)(=O)NC1CC1c1ccccc1. The largest absolute Gasteiger partial charge is 0.398 e. The van der Waals surface area contributed by atoms with Crippen molar-refractivity contribution in [3.63, 3.8) is 0 Å². The summed E-state index contributed by atoms with van der Waals surface area (Å²) in [6.07, 6.45) is 0.829. The fourth-order valence-corrected chi connectivity index (χ4v) is 3.80. The third-order valence-electron chi connectivity index (χ3n) is 3.53. The molecule has 0 radical (unpaired) electrons. The molecule has 0 bridgehead atoms. The molecule has 1 saturated carbocycles. The standard InChI is InChI=1S/C15H16N2O2S/c16-13-8-4-5-9-15(13)20(18,19)17-14-10-12(14)11-6-2-1-3-7-11/h1-9,12,14,17H,10,16H2. The van der Waals surface area contributed by atoms with Gasteiger partial charge in [-0.1, -0.05) is 42.5 Å². The van der Waals surface area contributed by atoms with Crippen LogP contribution in [0.15, 0.2) is 59.5 Å². The van der Waals surface area contributed by atoms with Crippen LogP contribution in [0.2, 0.25) is 0 Å². The molecule has 104 valence electrons. The Hall–Kier alpha value is -1.85. The summed E-state index contributed by atoms with van der Waals surface area (Å²) in [4.78, 5) is 0.152. The molecule has 2 aromatic rings. The highest BCUT2D eigenvalue weighted by molar-refractivity contribution is 7.89. The molecule has 0 amide bonds. The lowest BCUT2D eigenvalue weighted by Crippen LogP contribution is -2.27. The van der Waals surface area contributed by atoms with Crippen molar-refractivity contribution in [2.75, 3.05) is 5.73 Å². The first-order valence-corrected chi connectivity index (χ1v) is 7.98. The molecule has 3 rings (SSSR count). The number of nitrogens with one attached hydrogen (secondary N) is 1. The Kier molecular flexibility index (Phi) is 3.23. The first kappa shape index (κ1) is 13.1. The summed E-state index contributed by atoms with van der Waals surface area (Å²) in [7, 11) is -3.54. The Bertz CT molecular complexity index is 714. The van der Waals surface area contributed by atoms with Crippen LogP contribution >= 0.6 is 0 Å². The van der Waals surface area contributed by atoms with Crippen LogP contribution < -0.4 is 10.5 Å². The van der Waals surface area contributed by atoms with Gasteiger partial charge < -0.3 is 5.73 Å². The van der Waals surface area contributed by atoms with Crippen LogP contribution in [-0.4, -0.2) is 14.5 Å². The van der Waals surface area contributed by atoms with Crippen molar-refractivity contribution in [1.29, 1.82) is 0 Å². The van der Waals surface area contributed by atoms with E-state index in [-0.39, 0.29) is 22.5 Å². The van der Waals surface area contributed by atoms with E-state index in [1.54, 1.807) is 18.2 Å². The maximum Gasteiger partial charge on any atom is 0.242 e. The number of hydrogen-bond donors (Lipinski definition) is 2. The van der Waals surface area contributed by atoms with Gasteiger partial charge in [0.15, 0.2) is 0 Å². The Morgan fingerprint density at radius 2 is 1.65 bits per heavy atom. The Morgan fingerprint density at radius 1 is 1.00 bits per heavy atom. The average Bonchev–Trinajstić information content (AvgIpc) is 3.18. The third-order valence-corrected chi connectivity index (χ3v) is 5.10. The minimum Gasteiger partial charge on any atom is -0.398 e. The molecule has 1 aliphatic carbocycles. The zero-order chi connectivity index (χ0) is 14.2. The highest BCUT2D eigenvalue weighted by Crippen LogP contribution is 2.41. The van der Waals surface area contributed by atoms with Crippen LogP contribution in [0.25, 0.3) is 0 Å². The molecular weight excluding hydrogens is 272 g/mol. The predicted molar refractivity (Wildman–Crippen MR) is 78.8 cm³/mol. The van der Waals surface area contributed by atoms with Gasteiger partial charge in [-0.25, -0.2) is 13.1 Å². The van der Waals surface area contributed by atoms with Crippen LogP contribution in [0.1, 0.15) is 17.9 Å². The molecule has 2 unspecified atom stereocenters. The van der Waals surface area contributed by atoms with Crippen molar-refractivity contribution < 1.29 is 8.42 Å². The number of sulfonamides is 1. The van der Waals surface area contributed by atoms with Gasteiger partial charge in [0.25, 0.3) is 0 Å². The second-order valence-electron chi connectivity index (χ2n) is 5.02. The van der Waals surface area contributed by atoms with Gasteiger partial charge in [0, 0.05) is 12.0 Å². The van der Waals surface area contributed by atoms with E-state index >= 15 is 0 Å². The van der Waals surface area contributed by atoms with Crippen LogP contribution in [0, 0.1) is 0 Å². The summed E-state index contributed by atoms with van der Waals surface area (Å²) in [5.74, 6) is 0.260. The number of anilines is 1. The molecule has 0 aliphatic heterocycles. The summed E-state index contributed by atoms with van der Waals surface area (Å²) in [5, 5.41) is 0. The number of benzene rings is 2. The Balaban J connectivity index is 1.75. The monoisotopic (exact) mass is 288 g/mol. The zero-order valence-electron chi connectivity index (χ0n) is 10.9. The van der Waals surface area contributed by atoms with Gasteiger partial charge in [0.05, 0.1) is 5.69 Å². The van der Waals surface area contributed by atoms with Crippen molar-refractivity contribution in [3.05, 3.63) is 60.2 Å². The van der Waals surface area contributed by atoms with Crippen molar-refractivity contribution in [3.8, 4) is 0 Å². The van der Waals surface area contributed by atoms with E-state index in [4.69, 9.17) is 5.73 Å². The number of hydrogen-bond acceptors (Lipinski definition) is 3. The zero-order valence-corrected chi connectivity index (χ0v) is 11.7. The minimum atomic E-state index is -3.54. The second kappa shape index (κ2) is 4.92. The maximum absolute atomic E-state index is 12.3. The average molecular weight is 288 g/mol. The van der Waals surface area contributed by atoms with Crippen LogP contribution in [0.4, 0.5) is 5.69 Å². The summed E-state index contributed by atoms with van der Waals surface area (Å²) in [6.45, 7) is 0. The first-order valence-electron chi connectivity index (χ1n) is 6.50. The van der Waals surface area contributed by atoms with Gasteiger partial charge in [-0.2, -0.15) is 0 Å². The number of nitrogen functional groups attached to an aromatic ring is 1. The molecule has 1 fully saturated rings. The highest BCUT2D eigenvalue weighted by Gasteiger charge is 2.41. The Labute approximate surface area is 118 Å². The van der Waals surface area contributed by atoms with Gasteiger partial charge in [0.2, 0.25) is 10.0 Å². The molecule has 5 heteroatoms. The summed E-state index contributed by atoms with van der Waals surface area (Å²) >= 11 is 0. The van der Waals surface area contributed by atoms with E-state index in [2.05, 4.69) is 4.72 Å². The number of para-hydroxylation sites is 1. The fraction of sp³-hybridized carbons (Fsp3) is 0.200. The lowest BCUT2D eigenvalue weighted by atomic mass is 10.1. The van der Waals surface area contributed by atoms with Crippen LogP contribution in [0.5, 0.6) is 0 Å². The molecular formula is C15H16N2O2S. The molecule has 3 N–H and O–H groups in total. The molecule has 2 aromatic carbocycles. The Morgan fingerprint density at radius 3 is 2.35 bits per heavy atom. The predicted octanol–water partition coefficient (Wildman–Crippen LogP) is 2.10. The quantitative estimate of drug-likeness (QED) is 0.846. The number of nitrogens with two attached hydrogens (primary N) is 1. The van der Waals surface area contributed by atoms with Crippen molar-refractivity contribution in [1.82, 2.24) is 4.72 Å². The first-order chi connectivity index (χ1) is 9.58. The van der Waals surface area contributed by atoms with E-state index in [1.165, 1.54) is 11.6 Å². The van der Waals surface area contributed by atoms with E-state index in [1.807, 2.05) is 30.3 Å². The normalized spacial score (nSPS) is 21.6. The van der Waals surface area contributed by atoms with Gasteiger partial charge in [0.1, 0.15) is 4.90 Å². The molecule has 1 aliphatic rings. The van der Waals surface area contributed by atoms with Crippen molar-refractivity contribution in [2.24, 2.45) is 0 Å². The van der Waals surface area contributed by atoms with E-state index in [0.29, 0.717) is 0 Å². The maximum atomic E-state index is 12.3. The van der Waals surface area contributed by atoms with Crippen molar-refractivity contribution >= 4 is 15.7 Å². The number of rotatable bonds is 4. The molecule has 4 nitrogen and oxygen atoms in total.